The van der Waals surface area contributed by atoms with E-state index in [4.69, 9.17) is 19.3 Å². The predicted molar refractivity (Wildman–Crippen MR) is 168 cm³/mol. The summed E-state index contributed by atoms with van der Waals surface area (Å²) >= 11 is 0. The number of aliphatic hydroxyl groups is 1. The van der Waals surface area contributed by atoms with Crippen LogP contribution in [0.4, 0.5) is 0 Å². The minimum Gasteiger partial charge on any atom is -0.460 e. The van der Waals surface area contributed by atoms with Crippen LogP contribution in [0.5, 0.6) is 0 Å². The smallest absolute Gasteiger partial charge is 0.306 e. The maximum Gasteiger partial charge on any atom is 0.306 e. The topological polar surface area (TPSA) is 120 Å². The summed E-state index contributed by atoms with van der Waals surface area (Å²) in [6.45, 7) is 28.9. The van der Waals surface area contributed by atoms with Gasteiger partial charge in [-0.1, -0.05) is 83.1 Å². The first-order valence-corrected chi connectivity index (χ1v) is 19.9. The van der Waals surface area contributed by atoms with Gasteiger partial charge in [-0.15, -0.1) is 0 Å². The Balaban J connectivity index is 0.000000400. The molecule has 2 rings (SSSR count). The van der Waals surface area contributed by atoms with Crippen LogP contribution in [0.25, 0.3) is 0 Å². The number of rotatable bonds is 14. The van der Waals surface area contributed by atoms with Crippen molar-refractivity contribution < 1.29 is 28.3 Å². The normalized spacial score (nSPS) is 22.9. The van der Waals surface area contributed by atoms with Gasteiger partial charge in [0, 0.05) is 24.8 Å². The Morgan fingerprint density at radius 3 is 1.65 bits per heavy atom. The van der Waals surface area contributed by atoms with E-state index in [1.165, 1.54) is 0 Å². The van der Waals surface area contributed by atoms with E-state index in [9.17, 15) is 14.7 Å². The summed E-state index contributed by atoms with van der Waals surface area (Å²) in [5, 5.41) is 13.1. The Bertz CT molecular complexity index is 747. The maximum atomic E-state index is 11.4. The van der Waals surface area contributed by atoms with Crippen molar-refractivity contribution in [2.24, 2.45) is 17.6 Å². The van der Waals surface area contributed by atoms with E-state index in [2.05, 4.69) is 88.4 Å². The fraction of sp³-hybridized carbons (Fsp3) is 0.933. The Morgan fingerprint density at radius 2 is 1.27 bits per heavy atom. The highest BCUT2D eigenvalue weighted by Gasteiger charge is 2.47. The van der Waals surface area contributed by atoms with E-state index < -0.39 is 22.7 Å². The summed E-state index contributed by atoms with van der Waals surface area (Å²) < 4.78 is 18.2. The zero-order valence-electron chi connectivity index (χ0n) is 27.6. The number of carbonyl (C=O) groups excluding carboxylic acids is 2. The van der Waals surface area contributed by atoms with Crippen LogP contribution in [0.3, 0.4) is 0 Å². The van der Waals surface area contributed by atoms with Crippen LogP contribution in [0, 0.1) is 11.8 Å². The van der Waals surface area contributed by atoms with E-state index in [-0.39, 0.29) is 29.8 Å². The van der Waals surface area contributed by atoms with Crippen LogP contribution in [0.15, 0.2) is 0 Å². The van der Waals surface area contributed by atoms with Crippen molar-refractivity contribution in [2.45, 2.75) is 141 Å². The number of amides is 1. The van der Waals surface area contributed by atoms with E-state index in [1.54, 1.807) is 0 Å². The number of nitrogens with one attached hydrogen (secondary N) is 1. The highest BCUT2D eigenvalue weighted by molar-refractivity contribution is 6.78. The second-order valence-corrected chi connectivity index (χ2v) is 24.7. The van der Waals surface area contributed by atoms with Gasteiger partial charge in [-0.3, -0.25) is 9.59 Å². The van der Waals surface area contributed by atoms with E-state index in [0.29, 0.717) is 72.4 Å². The molecule has 40 heavy (non-hydrogen) atoms. The summed E-state index contributed by atoms with van der Waals surface area (Å²) in [6, 6.07) is 0. The number of hydrogen-bond donors (Lipinski definition) is 3. The number of cyclic esters (lactones) is 1. The number of hydrogen-bond acceptors (Lipinski definition) is 7. The second-order valence-electron chi connectivity index (χ2n) is 13.8. The van der Waals surface area contributed by atoms with Crippen molar-refractivity contribution in [3.05, 3.63) is 0 Å². The number of aliphatic hydroxyl groups excluding tert-OH is 1. The maximum absolute atomic E-state index is 11.4. The second kappa shape index (κ2) is 16.2. The van der Waals surface area contributed by atoms with E-state index in [0.717, 1.165) is 0 Å². The molecule has 236 valence electrons. The van der Waals surface area contributed by atoms with Gasteiger partial charge in [-0.05, 0) is 39.8 Å². The number of carbonyl (C=O) groups is 2. The summed E-state index contributed by atoms with van der Waals surface area (Å²) in [5.74, 6) is 0.00969. The molecule has 2 heterocycles. The molecule has 0 saturated carbocycles. The Kier molecular flexibility index (Phi) is 15.1. The van der Waals surface area contributed by atoms with Gasteiger partial charge >= 0.3 is 5.97 Å². The molecule has 0 aromatic carbocycles. The molecular weight excluding hydrogens is 541 g/mol. The van der Waals surface area contributed by atoms with Crippen LogP contribution < -0.4 is 11.1 Å². The first-order chi connectivity index (χ1) is 18.5. The molecular formula is C30H62N2O6Si2. The molecule has 2 aliphatic rings. The van der Waals surface area contributed by atoms with Crippen molar-refractivity contribution in [1.29, 1.82) is 0 Å². The van der Waals surface area contributed by atoms with Gasteiger partial charge in [0.15, 0.2) is 8.32 Å². The minimum absolute atomic E-state index is 0.000636. The highest BCUT2D eigenvalue weighted by Crippen LogP contribution is 2.43. The van der Waals surface area contributed by atoms with Crippen molar-refractivity contribution >= 4 is 28.5 Å². The molecule has 0 bridgehead atoms. The third kappa shape index (κ3) is 8.86. The molecule has 2 fully saturated rings. The van der Waals surface area contributed by atoms with Gasteiger partial charge < -0.3 is 29.7 Å². The van der Waals surface area contributed by atoms with Crippen LogP contribution in [0.2, 0.25) is 33.2 Å². The fourth-order valence-electron chi connectivity index (χ4n) is 7.56. The van der Waals surface area contributed by atoms with Crippen LogP contribution >= 0.6 is 0 Å². The zero-order chi connectivity index (χ0) is 31.0. The average Bonchev–Trinajstić information content (AvgIpc) is 3.43. The van der Waals surface area contributed by atoms with Crippen molar-refractivity contribution in [1.82, 2.24) is 5.32 Å². The van der Waals surface area contributed by atoms with Gasteiger partial charge in [0.05, 0.1) is 25.7 Å². The minimum atomic E-state index is -1.92. The Morgan fingerprint density at radius 1 is 0.825 bits per heavy atom. The molecule has 2 saturated heterocycles. The molecule has 2 aliphatic heterocycles. The fourth-order valence-corrected chi connectivity index (χ4v) is 18.5. The van der Waals surface area contributed by atoms with Gasteiger partial charge in [0.2, 0.25) is 14.2 Å². The summed E-state index contributed by atoms with van der Waals surface area (Å²) in [4.78, 5) is 22.7. The molecule has 0 aromatic heterocycles. The SMILES string of the molecule is CC(C)[Si](OC[C@@H](O)[C@H]1CNC(=O)C1)(C(C)C)C(C)C.CC(C)[Si](OC[C@H]1OC(=O)C[C@@H]1CN)(C(C)C)C(C)C. The average molecular weight is 603 g/mol. The predicted octanol–water partition coefficient (Wildman–Crippen LogP) is 5.74. The molecule has 0 unspecified atom stereocenters. The molecule has 8 nitrogen and oxygen atoms in total. The van der Waals surface area contributed by atoms with Crippen LogP contribution in [0.1, 0.15) is 95.9 Å². The van der Waals surface area contributed by atoms with Gasteiger partial charge in [-0.2, -0.15) is 0 Å². The summed E-state index contributed by atoms with van der Waals surface area (Å²) in [7, 11) is -3.82. The standard InChI is InChI=1S/2C15H31NO3Si/c1-10(2)20(11(3)4,12(5)6)18-9-14-13(8-16)7-15(17)19-14;1-10(2)20(11(3)4,12(5)6)19-9-14(17)13-7-15(18)16-8-13/h10-14H,7-9,16H2,1-6H3;10-14,17H,7-9H2,1-6H3,(H,16,18)/t2*13-,14-/m11/s1. The van der Waals surface area contributed by atoms with E-state index in [1.807, 2.05) is 0 Å². The van der Waals surface area contributed by atoms with E-state index >= 15 is 0 Å². The third-order valence-electron chi connectivity index (χ3n) is 9.51. The van der Waals surface area contributed by atoms with Crippen molar-refractivity contribution in [2.75, 3.05) is 26.3 Å². The largest absolute Gasteiger partial charge is 0.460 e. The van der Waals surface area contributed by atoms with Gasteiger partial charge in [0.1, 0.15) is 6.10 Å². The van der Waals surface area contributed by atoms with Crippen molar-refractivity contribution in [3.8, 4) is 0 Å². The first-order valence-electron chi connectivity index (χ1n) is 15.6. The molecule has 0 spiro atoms. The summed E-state index contributed by atoms with van der Waals surface area (Å²) in [6.07, 6.45) is 0.154. The van der Waals surface area contributed by atoms with Gasteiger partial charge in [0.25, 0.3) is 0 Å². The molecule has 1 amide bonds. The van der Waals surface area contributed by atoms with Crippen molar-refractivity contribution in [3.63, 3.8) is 0 Å². The van der Waals surface area contributed by atoms with Crippen LogP contribution in [-0.4, -0.2) is 72.1 Å². The molecule has 10 heteroatoms. The first kappa shape index (κ1) is 37.2. The zero-order valence-corrected chi connectivity index (χ0v) is 29.6. The molecule has 0 aromatic rings. The molecule has 0 aliphatic carbocycles. The quantitative estimate of drug-likeness (QED) is 0.171. The lowest BCUT2D eigenvalue weighted by molar-refractivity contribution is -0.142. The lowest BCUT2D eigenvalue weighted by Crippen LogP contribution is -2.49. The van der Waals surface area contributed by atoms with Gasteiger partial charge in [-0.25, -0.2) is 0 Å². The molecule has 4 N–H and O–H groups in total. The molecule has 4 atom stereocenters. The Labute approximate surface area is 247 Å². The number of nitrogens with two attached hydrogens (primary N) is 1. The molecule has 0 radical (unpaired) electrons. The highest BCUT2D eigenvalue weighted by atomic mass is 28.4. The lowest BCUT2D eigenvalue weighted by atomic mass is 10.0. The van der Waals surface area contributed by atoms with Crippen LogP contribution in [-0.2, 0) is 23.2 Å². The Hall–Kier alpha value is -0.786. The lowest BCUT2D eigenvalue weighted by Gasteiger charge is -2.42. The number of esters is 1. The summed E-state index contributed by atoms with van der Waals surface area (Å²) in [5.41, 5.74) is 8.88. The third-order valence-corrected chi connectivity index (χ3v) is 21.7. The number of ether oxygens (including phenoxy) is 1. The monoisotopic (exact) mass is 602 g/mol.